The Morgan fingerprint density at radius 2 is 1.96 bits per heavy atom. The van der Waals surface area contributed by atoms with E-state index in [1.54, 1.807) is 0 Å². The fourth-order valence-electron chi connectivity index (χ4n) is 5.55. The molecular weight excluding hydrogens is 322 g/mol. The summed E-state index contributed by atoms with van der Waals surface area (Å²) < 4.78 is 0. The highest BCUT2D eigenvalue weighted by atomic mass is 15.2. The van der Waals surface area contributed by atoms with Gasteiger partial charge >= 0.3 is 0 Å². The van der Waals surface area contributed by atoms with E-state index in [1.807, 2.05) is 0 Å². The van der Waals surface area contributed by atoms with E-state index in [-0.39, 0.29) is 0 Å². The zero-order chi connectivity index (χ0) is 18.0. The third-order valence-corrected chi connectivity index (χ3v) is 6.89. The number of nitrogens with zero attached hydrogens (tertiary/aromatic N) is 3. The summed E-state index contributed by atoms with van der Waals surface area (Å²) in [6, 6.07) is 0. The summed E-state index contributed by atoms with van der Waals surface area (Å²) >= 11 is 0. The number of nitrogen functional groups attached to an aromatic ring is 1. The fraction of sp³-hybridized carbons (Fsp3) is 0.810. The van der Waals surface area contributed by atoms with Gasteiger partial charge in [0.1, 0.15) is 5.82 Å². The number of aromatic nitrogens is 2. The summed E-state index contributed by atoms with van der Waals surface area (Å²) in [7, 11) is 0. The summed E-state index contributed by atoms with van der Waals surface area (Å²) in [6.45, 7) is 6.75. The number of anilines is 2. The van der Waals surface area contributed by atoms with Gasteiger partial charge in [0, 0.05) is 24.1 Å². The number of nitrogens with two attached hydrogens (primary N) is 1. The van der Waals surface area contributed by atoms with Crippen LogP contribution < -0.4 is 16.0 Å². The molecule has 1 aromatic heterocycles. The molecule has 1 saturated heterocycles. The topological polar surface area (TPSA) is 67.1 Å². The Labute approximate surface area is 158 Å². The molecular formula is C21H35N5. The molecule has 0 radical (unpaired) electrons. The molecule has 1 spiro atoms. The van der Waals surface area contributed by atoms with Gasteiger partial charge in [0.05, 0.1) is 5.69 Å². The summed E-state index contributed by atoms with van der Waals surface area (Å²) in [4.78, 5) is 12.1. The first-order valence-corrected chi connectivity index (χ1v) is 10.8. The standard InChI is InChI=1S/C21H35N5/c1-2-12-23-13-7-16-8-14-26(15-16)19-17-6-5-11-21(9-3-4-10-21)18(17)24-20(22)25-19/h16,23H,2-15H2,1H3,(H2,22,24,25). The largest absolute Gasteiger partial charge is 0.368 e. The Morgan fingerprint density at radius 3 is 2.77 bits per heavy atom. The Kier molecular flexibility index (Phi) is 5.35. The van der Waals surface area contributed by atoms with Crippen LogP contribution in [0.25, 0.3) is 0 Å². The van der Waals surface area contributed by atoms with Crippen molar-refractivity contribution in [1.82, 2.24) is 15.3 Å². The fourth-order valence-corrected chi connectivity index (χ4v) is 5.55. The molecule has 1 atom stereocenters. The van der Waals surface area contributed by atoms with E-state index in [0.717, 1.165) is 38.5 Å². The maximum absolute atomic E-state index is 6.19. The van der Waals surface area contributed by atoms with Gasteiger partial charge in [-0.15, -0.1) is 0 Å². The molecule has 3 N–H and O–H groups in total. The zero-order valence-corrected chi connectivity index (χ0v) is 16.4. The normalized spacial score (nSPS) is 24.3. The van der Waals surface area contributed by atoms with Crippen LogP contribution in [-0.2, 0) is 11.8 Å². The molecule has 5 heteroatoms. The lowest BCUT2D eigenvalue weighted by molar-refractivity contribution is 0.357. The van der Waals surface area contributed by atoms with E-state index < -0.39 is 0 Å². The number of nitrogens with one attached hydrogen (secondary N) is 1. The first-order valence-electron chi connectivity index (χ1n) is 10.8. The Hall–Kier alpha value is -1.36. The van der Waals surface area contributed by atoms with Gasteiger partial charge in [-0.25, -0.2) is 4.98 Å². The third kappa shape index (κ3) is 3.42. The Balaban J connectivity index is 1.52. The molecule has 144 valence electrons. The summed E-state index contributed by atoms with van der Waals surface area (Å²) in [6.07, 6.45) is 12.7. The van der Waals surface area contributed by atoms with Crippen molar-refractivity contribution in [2.24, 2.45) is 5.92 Å². The minimum Gasteiger partial charge on any atom is -0.368 e. The second-order valence-electron chi connectivity index (χ2n) is 8.71. The highest BCUT2D eigenvalue weighted by molar-refractivity contribution is 5.55. The van der Waals surface area contributed by atoms with Crippen molar-refractivity contribution in [1.29, 1.82) is 0 Å². The average Bonchev–Trinajstić information content (AvgIpc) is 3.29. The minimum atomic E-state index is 0.308. The van der Waals surface area contributed by atoms with Crippen LogP contribution in [0.2, 0.25) is 0 Å². The predicted octanol–water partition coefficient (Wildman–Crippen LogP) is 3.42. The van der Waals surface area contributed by atoms with E-state index in [9.17, 15) is 0 Å². The van der Waals surface area contributed by atoms with E-state index in [4.69, 9.17) is 15.7 Å². The molecule has 1 aliphatic heterocycles. The summed E-state index contributed by atoms with van der Waals surface area (Å²) in [5.41, 5.74) is 9.24. The minimum absolute atomic E-state index is 0.308. The van der Waals surface area contributed by atoms with Gasteiger partial charge in [-0.3, -0.25) is 0 Å². The third-order valence-electron chi connectivity index (χ3n) is 6.89. The van der Waals surface area contributed by atoms with Crippen molar-refractivity contribution < 1.29 is 0 Å². The first kappa shape index (κ1) is 18.0. The lowest BCUT2D eigenvalue weighted by atomic mass is 9.71. The molecule has 2 fully saturated rings. The summed E-state index contributed by atoms with van der Waals surface area (Å²) in [5.74, 6) is 2.43. The second-order valence-corrected chi connectivity index (χ2v) is 8.71. The van der Waals surface area contributed by atoms with Crippen molar-refractivity contribution >= 4 is 11.8 Å². The molecule has 1 saturated carbocycles. The van der Waals surface area contributed by atoms with Gasteiger partial charge in [0.15, 0.2) is 0 Å². The van der Waals surface area contributed by atoms with Crippen molar-refractivity contribution in [2.45, 2.75) is 76.5 Å². The highest BCUT2D eigenvalue weighted by Gasteiger charge is 2.42. The van der Waals surface area contributed by atoms with Gasteiger partial charge in [-0.1, -0.05) is 19.8 Å². The second kappa shape index (κ2) is 7.71. The predicted molar refractivity (Wildman–Crippen MR) is 108 cm³/mol. The van der Waals surface area contributed by atoms with Crippen LogP contribution >= 0.6 is 0 Å². The molecule has 3 aliphatic rings. The molecule has 5 nitrogen and oxygen atoms in total. The Bertz CT molecular complexity index is 623. The maximum atomic E-state index is 6.19. The number of fused-ring (bicyclic) bond motifs is 2. The van der Waals surface area contributed by atoms with E-state index >= 15 is 0 Å². The van der Waals surface area contributed by atoms with Crippen molar-refractivity contribution in [3.63, 3.8) is 0 Å². The zero-order valence-electron chi connectivity index (χ0n) is 16.4. The van der Waals surface area contributed by atoms with Gasteiger partial charge in [0.2, 0.25) is 5.95 Å². The van der Waals surface area contributed by atoms with Crippen molar-refractivity contribution in [3.05, 3.63) is 11.3 Å². The first-order chi connectivity index (χ1) is 12.7. The van der Waals surface area contributed by atoms with E-state index in [1.165, 1.54) is 74.9 Å². The number of rotatable bonds is 6. The maximum Gasteiger partial charge on any atom is 0.222 e. The smallest absolute Gasteiger partial charge is 0.222 e. The molecule has 26 heavy (non-hydrogen) atoms. The van der Waals surface area contributed by atoms with Crippen LogP contribution in [0.3, 0.4) is 0 Å². The Morgan fingerprint density at radius 1 is 1.15 bits per heavy atom. The van der Waals surface area contributed by atoms with E-state index in [2.05, 4.69) is 17.1 Å². The average molecular weight is 358 g/mol. The van der Waals surface area contributed by atoms with Crippen LogP contribution in [0.5, 0.6) is 0 Å². The SMILES string of the molecule is CCCNCCC1CCN(c2nc(N)nc3c2CCCC32CCCC2)C1. The van der Waals surface area contributed by atoms with Crippen molar-refractivity contribution in [2.75, 3.05) is 36.8 Å². The molecule has 0 bridgehead atoms. The quantitative estimate of drug-likeness (QED) is 0.764. The lowest BCUT2D eigenvalue weighted by Crippen LogP contribution is -2.33. The van der Waals surface area contributed by atoms with Crippen LogP contribution in [0, 0.1) is 5.92 Å². The molecule has 0 aromatic carbocycles. The van der Waals surface area contributed by atoms with Crippen LogP contribution in [0.4, 0.5) is 11.8 Å². The molecule has 4 rings (SSSR count). The molecule has 1 aromatic rings. The molecule has 2 aliphatic carbocycles. The van der Waals surface area contributed by atoms with Gasteiger partial charge < -0.3 is 16.0 Å². The highest BCUT2D eigenvalue weighted by Crippen LogP contribution is 2.49. The number of hydrogen-bond acceptors (Lipinski definition) is 5. The van der Waals surface area contributed by atoms with Gasteiger partial charge in [0.25, 0.3) is 0 Å². The van der Waals surface area contributed by atoms with Crippen LogP contribution in [-0.4, -0.2) is 36.1 Å². The molecule has 1 unspecified atom stereocenters. The lowest BCUT2D eigenvalue weighted by Gasteiger charge is -2.36. The summed E-state index contributed by atoms with van der Waals surface area (Å²) in [5, 5.41) is 3.54. The molecule has 0 amide bonds. The van der Waals surface area contributed by atoms with Crippen LogP contribution in [0.15, 0.2) is 0 Å². The van der Waals surface area contributed by atoms with Crippen LogP contribution in [0.1, 0.15) is 76.0 Å². The van der Waals surface area contributed by atoms with Gasteiger partial charge in [-0.05, 0) is 70.4 Å². The monoisotopic (exact) mass is 357 g/mol. The van der Waals surface area contributed by atoms with Crippen molar-refractivity contribution in [3.8, 4) is 0 Å². The molecule has 2 heterocycles. The van der Waals surface area contributed by atoms with Gasteiger partial charge in [-0.2, -0.15) is 4.98 Å². The number of hydrogen-bond donors (Lipinski definition) is 2. The van der Waals surface area contributed by atoms with E-state index in [0.29, 0.717) is 11.4 Å².